The van der Waals surface area contributed by atoms with E-state index in [9.17, 15) is 13.5 Å². The minimum absolute atomic E-state index is 0.187. The van der Waals surface area contributed by atoms with Crippen LogP contribution in [0.3, 0.4) is 0 Å². The van der Waals surface area contributed by atoms with Gasteiger partial charge in [-0.1, -0.05) is 23.5 Å². The lowest BCUT2D eigenvalue weighted by atomic mass is 10.2. The molecule has 0 saturated heterocycles. The number of hydrogen-bond donors (Lipinski definition) is 1. The van der Waals surface area contributed by atoms with E-state index >= 15 is 0 Å². The summed E-state index contributed by atoms with van der Waals surface area (Å²) in [6, 6.07) is 6.46. The third-order valence-electron chi connectivity index (χ3n) is 2.30. The first-order chi connectivity index (χ1) is 7.88. The predicted octanol–water partition coefficient (Wildman–Crippen LogP) is 2.23. The largest absolute Gasteiger partial charge is 0.498 e. The van der Waals surface area contributed by atoms with Crippen molar-refractivity contribution in [2.45, 2.75) is 11.8 Å². The summed E-state index contributed by atoms with van der Waals surface area (Å²) in [4.78, 5) is 4.47. The van der Waals surface area contributed by atoms with Crippen LogP contribution in [0.25, 0.3) is 10.6 Å². The molecule has 0 amide bonds. The van der Waals surface area contributed by atoms with Gasteiger partial charge >= 0.3 is 0 Å². The average molecular weight is 269 g/mol. The Morgan fingerprint density at radius 1 is 1.24 bits per heavy atom. The highest BCUT2D eigenvalue weighted by Gasteiger charge is 2.10. The number of hydrogen-bond acceptors (Lipinski definition) is 5. The standard InChI is InChI=1S/C11H11NO3S2/c1-7-11(13)16-10(12-7)8-3-5-9(6-4-8)17(2,14)15/h3-6,13H,1-2H3. The molecule has 0 unspecified atom stereocenters. The smallest absolute Gasteiger partial charge is 0.195 e. The third kappa shape index (κ3) is 2.48. The Hall–Kier alpha value is -1.40. The topological polar surface area (TPSA) is 67.3 Å². The summed E-state index contributed by atoms with van der Waals surface area (Å²) in [7, 11) is -3.17. The van der Waals surface area contributed by atoms with Crippen LogP contribution in [0.15, 0.2) is 29.2 Å². The molecule has 2 rings (SSSR count). The van der Waals surface area contributed by atoms with Crippen molar-refractivity contribution in [2.24, 2.45) is 0 Å². The number of aromatic hydroxyl groups is 1. The van der Waals surface area contributed by atoms with Crippen molar-refractivity contribution in [1.82, 2.24) is 4.98 Å². The fraction of sp³-hybridized carbons (Fsp3) is 0.182. The van der Waals surface area contributed by atoms with E-state index < -0.39 is 9.84 Å². The van der Waals surface area contributed by atoms with Crippen LogP contribution in [0.4, 0.5) is 0 Å². The van der Waals surface area contributed by atoms with Crippen LogP contribution in [-0.2, 0) is 9.84 Å². The molecule has 4 nitrogen and oxygen atoms in total. The molecular formula is C11H11NO3S2. The molecule has 1 N–H and O–H groups in total. The van der Waals surface area contributed by atoms with Crippen molar-refractivity contribution in [1.29, 1.82) is 0 Å². The SMILES string of the molecule is Cc1nc(-c2ccc(S(C)(=O)=O)cc2)sc1O. The molecule has 6 heteroatoms. The van der Waals surface area contributed by atoms with E-state index in [1.54, 1.807) is 31.2 Å². The Bertz CT molecular complexity index is 622. The third-order valence-corrected chi connectivity index (χ3v) is 4.44. The van der Waals surface area contributed by atoms with Gasteiger partial charge in [0, 0.05) is 11.8 Å². The fourth-order valence-electron chi connectivity index (χ4n) is 1.36. The van der Waals surface area contributed by atoms with Crippen LogP contribution >= 0.6 is 11.3 Å². The quantitative estimate of drug-likeness (QED) is 0.907. The molecule has 1 aromatic heterocycles. The van der Waals surface area contributed by atoms with Gasteiger partial charge in [0.1, 0.15) is 5.01 Å². The molecule has 1 aromatic carbocycles. The van der Waals surface area contributed by atoms with Gasteiger partial charge in [0.2, 0.25) is 0 Å². The Labute approximate surface area is 103 Å². The monoisotopic (exact) mass is 269 g/mol. The van der Waals surface area contributed by atoms with Crippen LogP contribution in [0.1, 0.15) is 5.69 Å². The average Bonchev–Trinajstić information content (AvgIpc) is 2.58. The summed E-state index contributed by atoms with van der Waals surface area (Å²) < 4.78 is 22.6. The second kappa shape index (κ2) is 4.12. The summed E-state index contributed by atoms with van der Waals surface area (Å²) in [6.45, 7) is 1.72. The van der Waals surface area contributed by atoms with E-state index in [-0.39, 0.29) is 9.96 Å². The molecule has 0 atom stereocenters. The van der Waals surface area contributed by atoms with Crippen LogP contribution in [0.5, 0.6) is 5.06 Å². The van der Waals surface area contributed by atoms with Crippen LogP contribution < -0.4 is 0 Å². The van der Waals surface area contributed by atoms with Crippen molar-refractivity contribution in [2.75, 3.05) is 6.26 Å². The molecule has 2 aromatic rings. The van der Waals surface area contributed by atoms with Crippen LogP contribution in [0, 0.1) is 6.92 Å². The van der Waals surface area contributed by atoms with Gasteiger partial charge in [-0.25, -0.2) is 13.4 Å². The van der Waals surface area contributed by atoms with Crippen molar-refractivity contribution in [3.05, 3.63) is 30.0 Å². The van der Waals surface area contributed by atoms with Crippen LogP contribution in [0.2, 0.25) is 0 Å². The molecule has 0 bridgehead atoms. The molecule has 0 fully saturated rings. The summed E-state index contributed by atoms with van der Waals surface area (Å²) >= 11 is 1.18. The highest BCUT2D eigenvalue weighted by atomic mass is 32.2. The number of aromatic nitrogens is 1. The molecule has 17 heavy (non-hydrogen) atoms. The maximum absolute atomic E-state index is 11.3. The summed E-state index contributed by atoms with van der Waals surface area (Å²) in [5, 5.41) is 10.3. The van der Waals surface area contributed by atoms with Gasteiger partial charge in [0.15, 0.2) is 14.9 Å². The first-order valence-corrected chi connectivity index (χ1v) is 7.55. The second-order valence-corrected chi connectivity index (χ2v) is 6.70. The summed E-state index contributed by atoms with van der Waals surface area (Å²) in [5.74, 6) is 0. The lowest BCUT2D eigenvalue weighted by molar-refractivity contribution is 0.485. The van der Waals surface area contributed by atoms with Gasteiger partial charge in [-0.2, -0.15) is 0 Å². The van der Waals surface area contributed by atoms with E-state index in [0.29, 0.717) is 10.7 Å². The number of aryl methyl sites for hydroxylation is 1. The number of benzene rings is 1. The maximum atomic E-state index is 11.3. The predicted molar refractivity (Wildman–Crippen MR) is 67.1 cm³/mol. The first kappa shape index (κ1) is 12.1. The highest BCUT2D eigenvalue weighted by Crippen LogP contribution is 2.32. The van der Waals surface area contributed by atoms with Gasteiger partial charge in [0.25, 0.3) is 0 Å². The van der Waals surface area contributed by atoms with Crippen LogP contribution in [-0.4, -0.2) is 24.8 Å². The van der Waals surface area contributed by atoms with Gasteiger partial charge in [-0.05, 0) is 19.1 Å². The first-order valence-electron chi connectivity index (χ1n) is 4.85. The van der Waals surface area contributed by atoms with E-state index in [0.717, 1.165) is 5.56 Å². The zero-order chi connectivity index (χ0) is 12.6. The van der Waals surface area contributed by atoms with Gasteiger partial charge < -0.3 is 5.11 Å². The van der Waals surface area contributed by atoms with E-state index in [1.165, 1.54) is 17.6 Å². The number of nitrogens with zero attached hydrogens (tertiary/aromatic N) is 1. The van der Waals surface area contributed by atoms with E-state index in [4.69, 9.17) is 0 Å². The Morgan fingerprint density at radius 3 is 2.24 bits per heavy atom. The van der Waals surface area contributed by atoms with Crippen molar-refractivity contribution in [3.8, 4) is 15.6 Å². The van der Waals surface area contributed by atoms with Crippen molar-refractivity contribution >= 4 is 21.2 Å². The van der Waals surface area contributed by atoms with Gasteiger partial charge in [-0.3, -0.25) is 0 Å². The molecule has 0 radical (unpaired) electrons. The molecule has 0 aliphatic carbocycles. The molecule has 0 saturated carbocycles. The zero-order valence-corrected chi connectivity index (χ0v) is 11.0. The lowest BCUT2D eigenvalue weighted by Crippen LogP contribution is -1.96. The molecule has 0 spiro atoms. The minimum atomic E-state index is -3.17. The zero-order valence-electron chi connectivity index (χ0n) is 9.34. The van der Waals surface area contributed by atoms with Gasteiger partial charge in [0.05, 0.1) is 10.6 Å². The molecular weight excluding hydrogens is 258 g/mol. The summed E-state index contributed by atoms with van der Waals surface area (Å²) in [6.07, 6.45) is 1.17. The minimum Gasteiger partial charge on any atom is -0.498 e. The number of rotatable bonds is 2. The van der Waals surface area contributed by atoms with Crippen molar-refractivity contribution in [3.63, 3.8) is 0 Å². The summed E-state index contributed by atoms with van der Waals surface area (Å²) in [5.41, 5.74) is 1.38. The Kier molecular flexibility index (Phi) is 2.92. The lowest BCUT2D eigenvalue weighted by Gasteiger charge is -1.99. The maximum Gasteiger partial charge on any atom is 0.195 e. The van der Waals surface area contributed by atoms with Crippen molar-refractivity contribution < 1.29 is 13.5 Å². The van der Waals surface area contributed by atoms with E-state index in [2.05, 4.69) is 4.98 Å². The number of thiazole rings is 1. The number of sulfone groups is 1. The molecule has 0 aliphatic heterocycles. The molecule has 0 aliphatic rings. The van der Waals surface area contributed by atoms with Gasteiger partial charge in [-0.15, -0.1) is 0 Å². The normalized spacial score (nSPS) is 11.6. The Balaban J connectivity index is 2.42. The fourth-order valence-corrected chi connectivity index (χ4v) is 2.80. The second-order valence-electron chi connectivity index (χ2n) is 3.71. The Morgan fingerprint density at radius 2 is 1.82 bits per heavy atom. The molecule has 1 heterocycles. The van der Waals surface area contributed by atoms with E-state index in [1.807, 2.05) is 0 Å². The molecule has 90 valence electrons. The highest BCUT2D eigenvalue weighted by molar-refractivity contribution is 7.90.